The van der Waals surface area contributed by atoms with Gasteiger partial charge in [0.05, 0.1) is 34.4 Å². The highest BCUT2D eigenvalue weighted by Crippen LogP contribution is 2.18. The van der Waals surface area contributed by atoms with E-state index in [9.17, 15) is 19.5 Å². The molecule has 0 rings (SSSR count). The first kappa shape index (κ1) is 84.7. The third-order valence-corrected chi connectivity index (χ3v) is 15.7. The smallest absolute Gasteiger partial charge is 0.361 e. The molecule has 0 aromatic heterocycles. The maximum atomic E-state index is 13.0. The largest absolute Gasteiger partial charge is 0.477 e. The van der Waals surface area contributed by atoms with Crippen LogP contribution in [0.25, 0.3) is 0 Å². The Morgan fingerprint density at radius 3 is 0.899 bits per heavy atom. The molecule has 2 unspecified atom stereocenters. The van der Waals surface area contributed by atoms with Crippen LogP contribution in [0.3, 0.4) is 0 Å². The van der Waals surface area contributed by atoms with E-state index in [0.717, 1.165) is 109 Å². The fraction of sp³-hybridized carbons (Fsp3) is 0.713. The van der Waals surface area contributed by atoms with E-state index in [4.69, 9.17) is 18.9 Å². The monoisotopic (exact) mass is 1240 g/mol. The van der Waals surface area contributed by atoms with E-state index < -0.39 is 24.3 Å². The minimum Gasteiger partial charge on any atom is -0.477 e. The number of allylic oxidation sites excluding steroid dienone is 20. The first-order valence-corrected chi connectivity index (χ1v) is 36.7. The highest BCUT2D eigenvalue weighted by molar-refractivity contribution is 5.71. The summed E-state index contributed by atoms with van der Waals surface area (Å²) in [6.45, 7) is 4.67. The topological polar surface area (TPSA) is 108 Å². The molecule has 0 radical (unpaired) electrons. The summed E-state index contributed by atoms with van der Waals surface area (Å²) in [6.07, 6.45) is 96.1. The van der Waals surface area contributed by atoms with Gasteiger partial charge in [-0.05, 0) is 103 Å². The second kappa shape index (κ2) is 69.6. The average molecular weight is 1240 g/mol. The summed E-state index contributed by atoms with van der Waals surface area (Å²) < 4.78 is 23.0. The minimum atomic E-state index is -1.52. The van der Waals surface area contributed by atoms with E-state index >= 15 is 0 Å². The highest BCUT2D eigenvalue weighted by atomic mass is 16.7. The molecule has 510 valence electrons. The lowest BCUT2D eigenvalue weighted by Crippen LogP contribution is -2.40. The molecule has 89 heavy (non-hydrogen) atoms. The Balaban J connectivity index is 4.07. The van der Waals surface area contributed by atoms with Crippen molar-refractivity contribution in [2.45, 2.75) is 322 Å². The van der Waals surface area contributed by atoms with Crippen LogP contribution >= 0.6 is 0 Å². The molecule has 0 aliphatic carbocycles. The lowest BCUT2D eigenvalue weighted by Gasteiger charge is -2.25. The number of carboxylic acids is 1. The third kappa shape index (κ3) is 71.0. The number of aliphatic carboxylic acids is 1. The Kier molecular flexibility index (Phi) is 66.2. The van der Waals surface area contributed by atoms with Crippen molar-refractivity contribution in [3.8, 4) is 0 Å². The van der Waals surface area contributed by atoms with Gasteiger partial charge >= 0.3 is 17.9 Å². The highest BCUT2D eigenvalue weighted by Gasteiger charge is 2.25. The van der Waals surface area contributed by atoms with Crippen LogP contribution in [0.15, 0.2) is 122 Å². The maximum Gasteiger partial charge on any atom is 0.361 e. The molecule has 0 heterocycles. The lowest BCUT2D eigenvalue weighted by molar-refractivity contribution is -0.870. The molecule has 0 aromatic carbocycles. The van der Waals surface area contributed by atoms with E-state index in [1.54, 1.807) is 0 Å². The fourth-order valence-electron chi connectivity index (χ4n) is 10.2. The summed E-state index contributed by atoms with van der Waals surface area (Å²) in [7, 11) is 5.98. The van der Waals surface area contributed by atoms with Crippen LogP contribution in [0.1, 0.15) is 309 Å². The zero-order valence-electron chi connectivity index (χ0n) is 58.3. The van der Waals surface area contributed by atoms with Crippen molar-refractivity contribution in [1.82, 2.24) is 0 Å². The molecule has 0 aliphatic heterocycles. The fourth-order valence-corrected chi connectivity index (χ4v) is 10.2. The van der Waals surface area contributed by atoms with Crippen molar-refractivity contribution < 1.29 is 42.9 Å². The SMILES string of the molecule is CC/C=C\C/C=C\C/C=C\C/C=C\C/C=C\C/C=C\CCCCCCCCCCCCC(=O)OC(COC(=O)CCCCCCCCCCCCCCCCCCCCCCCC/C=C\C/C=C\C/C=C\C/C=C\CC)COC(OCC[N+](C)(C)C)C(=O)O. The van der Waals surface area contributed by atoms with Crippen LogP contribution in [0.4, 0.5) is 0 Å². The molecular formula is C80H138NO8+. The van der Waals surface area contributed by atoms with Crippen LogP contribution in [-0.2, 0) is 33.3 Å². The van der Waals surface area contributed by atoms with E-state index in [0.29, 0.717) is 23.9 Å². The van der Waals surface area contributed by atoms with Crippen molar-refractivity contribution >= 4 is 17.9 Å². The van der Waals surface area contributed by atoms with Gasteiger partial charge in [0.15, 0.2) is 6.10 Å². The molecule has 0 bridgehead atoms. The van der Waals surface area contributed by atoms with Gasteiger partial charge < -0.3 is 28.5 Å². The number of esters is 2. The molecule has 0 amide bonds. The van der Waals surface area contributed by atoms with Crippen LogP contribution in [0.2, 0.25) is 0 Å². The van der Waals surface area contributed by atoms with Crippen LogP contribution < -0.4 is 0 Å². The molecule has 0 saturated carbocycles. The van der Waals surface area contributed by atoms with Gasteiger partial charge in [-0.2, -0.15) is 0 Å². The molecule has 0 aliphatic rings. The first-order valence-electron chi connectivity index (χ1n) is 36.7. The Labute approximate surface area is 548 Å². The van der Waals surface area contributed by atoms with Gasteiger partial charge in [0, 0.05) is 12.8 Å². The van der Waals surface area contributed by atoms with Crippen LogP contribution in [-0.4, -0.2) is 87.4 Å². The summed E-state index contributed by atoms with van der Waals surface area (Å²) >= 11 is 0. The molecule has 9 nitrogen and oxygen atoms in total. The second-order valence-electron chi connectivity index (χ2n) is 25.5. The van der Waals surface area contributed by atoms with Crippen LogP contribution in [0, 0.1) is 0 Å². The summed E-state index contributed by atoms with van der Waals surface area (Å²) in [5.41, 5.74) is 0. The summed E-state index contributed by atoms with van der Waals surface area (Å²) in [5, 5.41) is 9.76. The number of rotatable bonds is 67. The Morgan fingerprint density at radius 2 is 0.607 bits per heavy atom. The Morgan fingerprint density at radius 1 is 0.337 bits per heavy atom. The zero-order chi connectivity index (χ0) is 64.7. The predicted octanol–water partition coefficient (Wildman–Crippen LogP) is 23.1. The maximum absolute atomic E-state index is 13.0. The Bertz CT molecular complexity index is 1880. The number of ether oxygens (including phenoxy) is 4. The van der Waals surface area contributed by atoms with E-state index in [2.05, 4.69) is 135 Å². The van der Waals surface area contributed by atoms with Crippen molar-refractivity contribution in [2.24, 2.45) is 0 Å². The van der Waals surface area contributed by atoms with Crippen molar-refractivity contribution in [3.63, 3.8) is 0 Å². The number of unbranched alkanes of at least 4 members (excludes halogenated alkanes) is 32. The molecule has 0 spiro atoms. The molecule has 0 fully saturated rings. The van der Waals surface area contributed by atoms with Gasteiger partial charge in [-0.1, -0.05) is 315 Å². The number of nitrogens with zero attached hydrogens (tertiary/aromatic N) is 1. The molecule has 1 N–H and O–H groups in total. The van der Waals surface area contributed by atoms with Gasteiger partial charge in [-0.3, -0.25) is 9.59 Å². The van der Waals surface area contributed by atoms with E-state index in [-0.39, 0.29) is 32.2 Å². The number of carboxylic acid groups (broad SMARTS) is 1. The summed E-state index contributed by atoms with van der Waals surface area (Å²) in [5.74, 6) is -2.00. The normalized spacial score (nSPS) is 13.4. The third-order valence-electron chi connectivity index (χ3n) is 15.7. The number of quaternary nitrogens is 1. The van der Waals surface area contributed by atoms with Gasteiger partial charge in [0.2, 0.25) is 0 Å². The van der Waals surface area contributed by atoms with Gasteiger partial charge in [-0.15, -0.1) is 0 Å². The average Bonchev–Trinajstić information content (AvgIpc) is 3.71. The van der Waals surface area contributed by atoms with Crippen molar-refractivity contribution in [3.05, 3.63) is 122 Å². The second-order valence-corrected chi connectivity index (χ2v) is 25.5. The van der Waals surface area contributed by atoms with Gasteiger partial charge in [0.25, 0.3) is 6.29 Å². The van der Waals surface area contributed by atoms with Crippen LogP contribution in [0.5, 0.6) is 0 Å². The van der Waals surface area contributed by atoms with Gasteiger partial charge in [-0.25, -0.2) is 4.79 Å². The van der Waals surface area contributed by atoms with Gasteiger partial charge in [0.1, 0.15) is 13.2 Å². The number of hydrogen-bond acceptors (Lipinski definition) is 7. The number of likely N-dealkylation sites (N-methyl/N-ethyl adjacent to an activating group) is 1. The quantitative estimate of drug-likeness (QED) is 0.0211. The minimum absolute atomic E-state index is 0.183. The van der Waals surface area contributed by atoms with E-state index in [1.807, 2.05) is 21.1 Å². The molecule has 0 aromatic rings. The van der Waals surface area contributed by atoms with Crippen molar-refractivity contribution in [1.29, 1.82) is 0 Å². The standard InChI is InChI=1S/C80H137NO8/c1-6-8-10-12-14-16-18-20-22-24-26-28-30-32-34-36-37-38-39-40-41-43-44-46-48-50-52-54-56-58-60-62-64-66-68-70-77(82)87-74-76(75-88-80(79(84)85)86-73-72-81(3,4)5)89-78(83)71-69-67-65-63-61-59-57-55-53-51-49-47-45-42-35-33-31-29-27-25-23-21-19-17-15-13-11-9-7-2/h8-11,14-17,20-23,26-29,33,35,45,47,76,80H,6-7,12-13,18-19,24-25,30-32,34,36-44,46,48-75H2,1-5H3/p+1/b10-8-,11-9-,16-14-,17-15-,22-20-,23-21-,28-26-,29-27-,35-33-,47-45-. The molecule has 9 heteroatoms. The zero-order valence-corrected chi connectivity index (χ0v) is 58.3. The first-order chi connectivity index (χ1) is 43.6. The Hall–Kier alpha value is -4.31. The number of carbonyl (C=O) groups excluding carboxylic acids is 2. The lowest BCUT2D eigenvalue weighted by atomic mass is 10.0. The van der Waals surface area contributed by atoms with Crippen molar-refractivity contribution in [2.75, 3.05) is 47.5 Å². The predicted molar refractivity (Wildman–Crippen MR) is 382 cm³/mol. The number of hydrogen-bond donors (Lipinski definition) is 1. The summed E-state index contributed by atoms with van der Waals surface area (Å²) in [6, 6.07) is 0. The molecule has 0 saturated heterocycles. The number of carbonyl (C=O) groups is 3. The summed E-state index contributed by atoms with van der Waals surface area (Å²) in [4.78, 5) is 37.7. The molecular weight excluding hydrogens is 1100 g/mol. The van der Waals surface area contributed by atoms with E-state index in [1.165, 1.54) is 167 Å². The molecule has 2 atom stereocenters.